The van der Waals surface area contributed by atoms with Crippen molar-refractivity contribution < 1.29 is 14.6 Å². The zero-order chi connectivity index (χ0) is 12.8. The Morgan fingerprint density at radius 2 is 1.94 bits per heavy atom. The quantitative estimate of drug-likeness (QED) is 0.665. The van der Waals surface area contributed by atoms with Gasteiger partial charge in [0.1, 0.15) is 17.7 Å². The summed E-state index contributed by atoms with van der Waals surface area (Å²) in [6.07, 6.45) is -1.96. The third-order valence-electron chi connectivity index (χ3n) is 2.31. The SMILES string of the molecule is NC(=O)OCC(c1ccccc1)C(O)C(N)=S. The van der Waals surface area contributed by atoms with Crippen molar-refractivity contribution in [3.63, 3.8) is 0 Å². The number of hydrogen-bond acceptors (Lipinski definition) is 4. The molecule has 0 saturated carbocycles. The third kappa shape index (κ3) is 4.01. The van der Waals surface area contributed by atoms with E-state index in [2.05, 4.69) is 0 Å². The normalized spacial score (nSPS) is 13.7. The highest BCUT2D eigenvalue weighted by molar-refractivity contribution is 7.80. The van der Waals surface area contributed by atoms with Gasteiger partial charge in [-0.15, -0.1) is 0 Å². The zero-order valence-corrected chi connectivity index (χ0v) is 9.89. The van der Waals surface area contributed by atoms with Crippen LogP contribution in [0.2, 0.25) is 0 Å². The van der Waals surface area contributed by atoms with Gasteiger partial charge >= 0.3 is 6.09 Å². The van der Waals surface area contributed by atoms with E-state index in [-0.39, 0.29) is 11.6 Å². The third-order valence-corrected chi connectivity index (χ3v) is 2.55. The van der Waals surface area contributed by atoms with Gasteiger partial charge in [-0.3, -0.25) is 0 Å². The van der Waals surface area contributed by atoms with E-state index in [0.29, 0.717) is 0 Å². The summed E-state index contributed by atoms with van der Waals surface area (Å²) in [4.78, 5) is 10.5. The molecule has 6 heteroatoms. The second-order valence-corrected chi connectivity index (χ2v) is 3.97. The first-order chi connectivity index (χ1) is 8.02. The summed E-state index contributed by atoms with van der Waals surface area (Å²) in [5, 5.41) is 9.85. The van der Waals surface area contributed by atoms with Crippen molar-refractivity contribution in [3.05, 3.63) is 35.9 Å². The van der Waals surface area contributed by atoms with E-state index >= 15 is 0 Å². The highest BCUT2D eigenvalue weighted by Crippen LogP contribution is 2.20. The number of nitrogens with two attached hydrogens (primary N) is 2. The van der Waals surface area contributed by atoms with Gasteiger partial charge in [-0.05, 0) is 5.56 Å². The lowest BCUT2D eigenvalue weighted by molar-refractivity contribution is 0.119. The summed E-state index contributed by atoms with van der Waals surface area (Å²) >= 11 is 4.73. The van der Waals surface area contributed by atoms with E-state index in [1.807, 2.05) is 6.07 Å². The maximum atomic E-state index is 10.6. The van der Waals surface area contributed by atoms with Crippen LogP contribution in [0.3, 0.4) is 0 Å². The van der Waals surface area contributed by atoms with E-state index in [1.165, 1.54) is 0 Å². The van der Waals surface area contributed by atoms with Crippen molar-refractivity contribution in [1.82, 2.24) is 0 Å². The van der Waals surface area contributed by atoms with Crippen LogP contribution in [0.4, 0.5) is 4.79 Å². The molecule has 1 rings (SSSR count). The number of primary amides is 1. The predicted octanol–water partition coefficient (Wildman–Crippen LogP) is 0.513. The van der Waals surface area contributed by atoms with Gasteiger partial charge in [-0.2, -0.15) is 0 Å². The van der Waals surface area contributed by atoms with Crippen molar-refractivity contribution in [3.8, 4) is 0 Å². The van der Waals surface area contributed by atoms with Crippen molar-refractivity contribution in [2.45, 2.75) is 12.0 Å². The molecule has 0 heterocycles. The first-order valence-electron chi connectivity index (χ1n) is 4.97. The average Bonchev–Trinajstić information content (AvgIpc) is 2.30. The molecule has 0 aromatic heterocycles. The minimum atomic E-state index is -1.06. The Bertz CT molecular complexity index is 397. The predicted molar refractivity (Wildman–Crippen MR) is 67.5 cm³/mol. The summed E-state index contributed by atoms with van der Waals surface area (Å²) in [6.45, 7) is -0.0716. The van der Waals surface area contributed by atoms with Gasteiger partial charge < -0.3 is 21.3 Å². The molecule has 2 unspecified atom stereocenters. The van der Waals surface area contributed by atoms with Crippen molar-refractivity contribution in [1.29, 1.82) is 0 Å². The Hall–Kier alpha value is -1.66. The van der Waals surface area contributed by atoms with E-state index < -0.39 is 18.1 Å². The standard InChI is InChI=1S/C11H14N2O3S/c12-10(17)9(14)8(6-16-11(13)15)7-4-2-1-3-5-7/h1-5,8-9,14H,6H2,(H2,12,17)(H2,13,15). The molecule has 0 aliphatic rings. The molecule has 0 spiro atoms. The Morgan fingerprint density at radius 1 is 1.35 bits per heavy atom. The van der Waals surface area contributed by atoms with Crippen LogP contribution in [0.1, 0.15) is 11.5 Å². The molecule has 1 amide bonds. The van der Waals surface area contributed by atoms with Gasteiger partial charge in [0.2, 0.25) is 0 Å². The highest BCUT2D eigenvalue weighted by atomic mass is 32.1. The van der Waals surface area contributed by atoms with Gasteiger partial charge in [0.15, 0.2) is 0 Å². The zero-order valence-electron chi connectivity index (χ0n) is 9.08. The van der Waals surface area contributed by atoms with E-state index in [0.717, 1.165) is 5.56 Å². The Kier molecular flexibility index (Phi) is 4.86. The maximum absolute atomic E-state index is 10.6. The Balaban J connectivity index is 2.86. The minimum Gasteiger partial charge on any atom is -0.449 e. The fraction of sp³-hybridized carbons (Fsp3) is 0.273. The Morgan fingerprint density at radius 3 is 2.41 bits per heavy atom. The molecular formula is C11H14N2O3S. The highest BCUT2D eigenvalue weighted by Gasteiger charge is 2.24. The van der Waals surface area contributed by atoms with Crippen molar-refractivity contribution >= 4 is 23.3 Å². The fourth-order valence-corrected chi connectivity index (χ4v) is 1.60. The molecule has 0 saturated heterocycles. The van der Waals surface area contributed by atoms with Crippen LogP contribution in [-0.4, -0.2) is 28.9 Å². The summed E-state index contributed by atoms with van der Waals surface area (Å²) < 4.78 is 4.69. The van der Waals surface area contributed by atoms with E-state index in [9.17, 15) is 9.90 Å². The molecule has 0 radical (unpaired) electrons. The molecule has 0 bridgehead atoms. The van der Waals surface area contributed by atoms with Gasteiger partial charge in [0.05, 0.1) is 5.92 Å². The average molecular weight is 254 g/mol. The number of ether oxygens (including phenoxy) is 1. The molecule has 1 aromatic carbocycles. The van der Waals surface area contributed by atoms with Crippen LogP contribution < -0.4 is 11.5 Å². The van der Waals surface area contributed by atoms with Gasteiger partial charge in [-0.25, -0.2) is 4.79 Å². The number of aliphatic hydroxyl groups excluding tert-OH is 1. The lowest BCUT2D eigenvalue weighted by atomic mass is 9.94. The summed E-state index contributed by atoms with van der Waals surface area (Å²) in [7, 11) is 0. The van der Waals surface area contributed by atoms with E-state index in [1.54, 1.807) is 24.3 Å². The number of amides is 1. The number of carbonyl (C=O) groups excluding carboxylic acids is 1. The smallest absolute Gasteiger partial charge is 0.404 e. The topological polar surface area (TPSA) is 98.6 Å². The Labute approximate surface area is 104 Å². The van der Waals surface area contributed by atoms with Crippen LogP contribution in [-0.2, 0) is 4.74 Å². The minimum absolute atomic E-state index is 0.0491. The number of carbonyl (C=O) groups is 1. The molecule has 5 nitrogen and oxygen atoms in total. The molecule has 0 aliphatic carbocycles. The molecule has 2 atom stereocenters. The van der Waals surface area contributed by atoms with Crippen LogP contribution in [0.5, 0.6) is 0 Å². The van der Waals surface area contributed by atoms with E-state index in [4.69, 9.17) is 28.4 Å². The maximum Gasteiger partial charge on any atom is 0.404 e. The fourth-order valence-electron chi connectivity index (χ4n) is 1.44. The summed E-state index contributed by atoms with van der Waals surface area (Å²) in [5.41, 5.74) is 11.1. The monoisotopic (exact) mass is 254 g/mol. The summed E-state index contributed by atoms with van der Waals surface area (Å²) in [5.74, 6) is -0.513. The van der Waals surface area contributed by atoms with Crippen LogP contribution in [0.25, 0.3) is 0 Å². The van der Waals surface area contributed by atoms with Gasteiger partial charge in [0, 0.05) is 0 Å². The lowest BCUT2D eigenvalue weighted by Crippen LogP contribution is -2.35. The first-order valence-corrected chi connectivity index (χ1v) is 5.37. The largest absolute Gasteiger partial charge is 0.449 e. The van der Waals surface area contributed by atoms with Crippen molar-refractivity contribution in [2.24, 2.45) is 11.5 Å². The van der Waals surface area contributed by atoms with Crippen molar-refractivity contribution in [2.75, 3.05) is 6.61 Å². The summed E-state index contributed by atoms with van der Waals surface area (Å²) in [6, 6.07) is 9.02. The number of hydrogen-bond donors (Lipinski definition) is 3. The molecule has 1 aromatic rings. The first kappa shape index (κ1) is 13.4. The number of aliphatic hydroxyl groups is 1. The van der Waals surface area contributed by atoms with Crippen LogP contribution in [0.15, 0.2) is 30.3 Å². The molecule has 0 fully saturated rings. The van der Waals surface area contributed by atoms with Gasteiger partial charge in [-0.1, -0.05) is 42.5 Å². The molecule has 0 aliphatic heterocycles. The van der Waals surface area contributed by atoms with Gasteiger partial charge in [0.25, 0.3) is 0 Å². The van der Waals surface area contributed by atoms with Crippen LogP contribution in [0, 0.1) is 0 Å². The molecule has 92 valence electrons. The lowest BCUT2D eigenvalue weighted by Gasteiger charge is -2.21. The molecular weight excluding hydrogens is 240 g/mol. The second kappa shape index (κ2) is 6.17. The number of benzene rings is 1. The molecule has 17 heavy (non-hydrogen) atoms. The molecule has 5 N–H and O–H groups in total. The number of thiocarbonyl (C=S) groups is 1. The second-order valence-electron chi connectivity index (χ2n) is 3.49. The number of rotatable bonds is 5. The van der Waals surface area contributed by atoms with Crippen LogP contribution >= 0.6 is 12.2 Å².